The van der Waals surface area contributed by atoms with Crippen LogP contribution in [0, 0.1) is 11.3 Å². The van der Waals surface area contributed by atoms with Gasteiger partial charge >= 0.3 is 0 Å². The van der Waals surface area contributed by atoms with Gasteiger partial charge in [-0.05, 0) is 24.3 Å². The van der Waals surface area contributed by atoms with Gasteiger partial charge in [0.1, 0.15) is 5.65 Å². The third kappa shape index (κ3) is 2.41. The fraction of sp³-hybridized carbons (Fsp3) is 0.222. The van der Waals surface area contributed by atoms with E-state index in [1.165, 1.54) is 5.69 Å². The highest BCUT2D eigenvalue weighted by atomic mass is 15.0. The van der Waals surface area contributed by atoms with Crippen molar-refractivity contribution < 1.29 is 0 Å². The summed E-state index contributed by atoms with van der Waals surface area (Å²) in [5.41, 5.74) is 4.85. The van der Waals surface area contributed by atoms with Crippen molar-refractivity contribution in [3.8, 4) is 17.3 Å². The van der Waals surface area contributed by atoms with Gasteiger partial charge in [0.15, 0.2) is 0 Å². The van der Waals surface area contributed by atoms with Crippen molar-refractivity contribution in [1.29, 1.82) is 5.26 Å². The molecule has 0 radical (unpaired) electrons. The molecule has 2 aromatic heterocycles. The molecule has 2 heterocycles. The topological polar surface area (TPSA) is 41.1 Å². The average molecular weight is 275 g/mol. The Morgan fingerprint density at radius 3 is 2.38 bits per heavy atom. The SMILES string of the molecule is CC(C)(C)c1cccc2nc(-c3ccc(C#N)cc3)cn12. The van der Waals surface area contributed by atoms with Crippen LogP contribution < -0.4 is 0 Å². The van der Waals surface area contributed by atoms with Gasteiger partial charge in [-0.1, -0.05) is 39.0 Å². The second kappa shape index (κ2) is 4.75. The molecule has 0 aliphatic carbocycles. The zero-order valence-corrected chi connectivity index (χ0v) is 12.5. The minimum absolute atomic E-state index is 0.0577. The van der Waals surface area contributed by atoms with E-state index in [0.29, 0.717) is 5.56 Å². The summed E-state index contributed by atoms with van der Waals surface area (Å²) in [7, 11) is 0. The second-order valence-electron chi connectivity index (χ2n) is 6.20. The summed E-state index contributed by atoms with van der Waals surface area (Å²) in [6.45, 7) is 6.59. The van der Waals surface area contributed by atoms with Crippen molar-refractivity contribution in [2.45, 2.75) is 26.2 Å². The van der Waals surface area contributed by atoms with E-state index in [2.05, 4.69) is 43.5 Å². The van der Waals surface area contributed by atoms with E-state index in [9.17, 15) is 0 Å². The molecule has 3 heteroatoms. The number of hydrogen-bond donors (Lipinski definition) is 0. The Hall–Kier alpha value is -2.60. The molecule has 0 saturated carbocycles. The van der Waals surface area contributed by atoms with E-state index < -0.39 is 0 Å². The lowest BCUT2D eigenvalue weighted by Crippen LogP contribution is -2.15. The van der Waals surface area contributed by atoms with Gasteiger partial charge in [-0.25, -0.2) is 4.98 Å². The molecule has 3 nitrogen and oxygen atoms in total. The smallest absolute Gasteiger partial charge is 0.137 e. The van der Waals surface area contributed by atoms with Crippen LogP contribution in [-0.4, -0.2) is 9.38 Å². The van der Waals surface area contributed by atoms with Crippen LogP contribution in [0.15, 0.2) is 48.7 Å². The first-order valence-electron chi connectivity index (χ1n) is 6.98. The maximum Gasteiger partial charge on any atom is 0.137 e. The largest absolute Gasteiger partial charge is 0.303 e. The van der Waals surface area contributed by atoms with Crippen molar-refractivity contribution in [1.82, 2.24) is 9.38 Å². The fourth-order valence-corrected chi connectivity index (χ4v) is 2.48. The molecule has 0 atom stereocenters. The van der Waals surface area contributed by atoms with Crippen LogP contribution in [0.5, 0.6) is 0 Å². The Morgan fingerprint density at radius 1 is 1.05 bits per heavy atom. The predicted octanol–water partition coefficient (Wildman–Crippen LogP) is 4.17. The molecule has 3 rings (SSSR count). The average Bonchev–Trinajstić information content (AvgIpc) is 2.90. The first kappa shape index (κ1) is 13.4. The molecule has 21 heavy (non-hydrogen) atoms. The molecule has 104 valence electrons. The van der Waals surface area contributed by atoms with E-state index in [4.69, 9.17) is 10.2 Å². The predicted molar refractivity (Wildman–Crippen MR) is 84.0 cm³/mol. The number of pyridine rings is 1. The summed E-state index contributed by atoms with van der Waals surface area (Å²) >= 11 is 0. The molecule has 0 aliphatic heterocycles. The zero-order chi connectivity index (χ0) is 15.0. The number of fused-ring (bicyclic) bond motifs is 1. The Morgan fingerprint density at radius 2 is 1.76 bits per heavy atom. The maximum absolute atomic E-state index is 8.87. The Labute approximate surface area is 124 Å². The standard InChI is InChI=1S/C18H17N3/c1-18(2,3)16-5-4-6-17-20-15(12-21(16)17)14-9-7-13(11-19)8-10-14/h4-10,12H,1-3H3. The van der Waals surface area contributed by atoms with E-state index in [-0.39, 0.29) is 5.41 Å². The van der Waals surface area contributed by atoms with Gasteiger partial charge in [-0.2, -0.15) is 5.26 Å². The van der Waals surface area contributed by atoms with Crippen molar-refractivity contribution in [2.75, 3.05) is 0 Å². The highest BCUT2D eigenvalue weighted by Gasteiger charge is 2.18. The molecule has 0 saturated heterocycles. The molecule has 3 aromatic rings. The fourth-order valence-electron chi connectivity index (χ4n) is 2.48. The third-order valence-electron chi connectivity index (χ3n) is 3.57. The molecular formula is C18H17N3. The van der Waals surface area contributed by atoms with Crippen LogP contribution in [0.1, 0.15) is 32.0 Å². The van der Waals surface area contributed by atoms with Crippen LogP contribution in [-0.2, 0) is 5.41 Å². The van der Waals surface area contributed by atoms with Crippen LogP contribution in [0.4, 0.5) is 0 Å². The van der Waals surface area contributed by atoms with E-state index >= 15 is 0 Å². The lowest BCUT2D eigenvalue weighted by molar-refractivity contribution is 0.561. The molecule has 1 aromatic carbocycles. The number of nitrogens with zero attached hydrogens (tertiary/aromatic N) is 3. The Bertz CT molecular complexity index is 828. The highest BCUT2D eigenvalue weighted by Crippen LogP contribution is 2.26. The van der Waals surface area contributed by atoms with Crippen molar-refractivity contribution >= 4 is 5.65 Å². The first-order chi connectivity index (χ1) is 9.99. The Balaban J connectivity index is 2.15. The van der Waals surface area contributed by atoms with Crippen molar-refractivity contribution in [3.63, 3.8) is 0 Å². The minimum Gasteiger partial charge on any atom is -0.303 e. The number of imidazole rings is 1. The normalized spacial score (nSPS) is 11.5. The van der Waals surface area contributed by atoms with Crippen LogP contribution in [0.2, 0.25) is 0 Å². The summed E-state index contributed by atoms with van der Waals surface area (Å²) < 4.78 is 2.15. The van der Waals surface area contributed by atoms with Crippen LogP contribution >= 0.6 is 0 Å². The van der Waals surface area contributed by atoms with Gasteiger partial charge in [0, 0.05) is 22.9 Å². The molecule has 0 bridgehead atoms. The van der Waals surface area contributed by atoms with E-state index in [0.717, 1.165) is 16.9 Å². The van der Waals surface area contributed by atoms with Gasteiger partial charge in [0.2, 0.25) is 0 Å². The molecular weight excluding hydrogens is 258 g/mol. The minimum atomic E-state index is 0.0577. The zero-order valence-electron chi connectivity index (χ0n) is 12.5. The molecule has 0 N–H and O–H groups in total. The molecule has 0 fully saturated rings. The summed E-state index contributed by atoms with van der Waals surface area (Å²) in [5.74, 6) is 0. The van der Waals surface area contributed by atoms with Gasteiger partial charge in [0.25, 0.3) is 0 Å². The van der Waals surface area contributed by atoms with Gasteiger partial charge in [-0.3, -0.25) is 0 Å². The number of hydrogen-bond acceptors (Lipinski definition) is 2. The lowest BCUT2D eigenvalue weighted by atomic mass is 9.91. The van der Waals surface area contributed by atoms with Crippen LogP contribution in [0.25, 0.3) is 16.9 Å². The monoisotopic (exact) mass is 275 g/mol. The van der Waals surface area contributed by atoms with Gasteiger partial charge in [-0.15, -0.1) is 0 Å². The quantitative estimate of drug-likeness (QED) is 0.668. The lowest BCUT2D eigenvalue weighted by Gasteiger charge is -2.20. The molecule has 0 aliphatic rings. The summed E-state index contributed by atoms with van der Waals surface area (Å²) in [6.07, 6.45) is 2.07. The van der Waals surface area contributed by atoms with Crippen molar-refractivity contribution in [3.05, 3.63) is 59.9 Å². The Kier molecular flexibility index (Phi) is 3.03. The third-order valence-corrected chi connectivity index (χ3v) is 3.57. The molecule has 0 spiro atoms. The second-order valence-corrected chi connectivity index (χ2v) is 6.20. The number of aromatic nitrogens is 2. The molecule has 0 unspecified atom stereocenters. The number of rotatable bonds is 1. The van der Waals surface area contributed by atoms with Crippen LogP contribution in [0.3, 0.4) is 0 Å². The number of benzene rings is 1. The summed E-state index contributed by atoms with van der Waals surface area (Å²) in [6, 6.07) is 15.9. The van der Waals surface area contributed by atoms with Crippen molar-refractivity contribution in [2.24, 2.45) is 0 Å². The maximum atomic E-state index is 8.87. The van der Waals surface area contributed by atoms with Gasteiger partial charge < -0.3 is 4.40 Å². The van der Waals surface area contributed by atoms with Gasteiger partial charge in [0.05, 0.1) is 17.3 Å². The first-order valence-corrected chi connectivity index (χ1v) is 6.98. The number of nitriles is 1. The van der Waals surface area contributed by atoms with E-state index in [1.807, 2.05) is 36.4 Å². The van der Waals surface area contributed by atoms with E-state index in [1.54, 1.807) is 0 Å². The molecule has 0 amide bonds. The summed E-state index contributed by atoms with van der Waals surface area (Å²) in [4.78, 5) is 4.69. The highest BCUT2D eigenvalue weighted by molar-refractivity contribution is 5.63. The summed E-state index contributed by atoms with van der Waals surface area (Å²) in [5, 5.41) is 8.87.